The van der Waals surface area contributed by atoms with Gasteiger partial charge in [0.05, 0.1) is 12.2 Å². The van der Waals surface area contributed by atoms with Gasteiger partial charge in [0.25, 0.3) is 0 Å². The van der Waals surface area contributed by atoms with Crippen LogP contribution in [0.15, 0.2) is 12.2 Å². The lowest BCUT2D eigenvalue weighted by atomic mass is 9.39. The van der Waals surface area contributed by atoms with Crippen molar-refractivity contribution >= 4 is 5.97 Å². The summed E-state index contributed by atoms with van der Waals surface area (Å²) in [6.45, 7) is 8.85. The minimum Gasteiger partial charge on any atom is -0.463 e. The number of carbonyl (C=O) groups is 1. The number of hydrogen-bond acceptors (Lipinski definition) is 6. The predicted octanol–water partition coefficient (Wildman–Crippen LogP) is 0.450. The first-order chi connectivity index (χ1) is 13.1. The fourth-order valence-electron chi connectivity index (χ4n) is 11.0. The van der Waals surface area contributed by atoms with E-state index in [0.717, 1.165) is 25.0 Å². The summed E-state index contributed by atoms with van der Waals surface area (Å²) in [6, 6.07) is 0.245. The van der Waals surface area contributed by atoms with Crippen molar-refractivity contribution in [1.82, 2.24) is 4.90 Å². The van der Waals surface area contributed by atoms with Crippen molar-refractivity contribution in [3.05, 3.63) is 12.2 Å². The quantitative estimate of drug-likeness (QED) is 0.447. The van der Waals surface area contributed by atoms with Crippen LogP contribution < -0.4 is 0 Å². The van der Waals surface area contributed by atoms with Gasteiger partial charge in [0.15, 0.2) is 0 Å². The van der Waals surface area contributed by atoms with E-state index in [1.807, 2.05) is 0 Å². The Labute approximate surface area is 164 Å². The molecule has 6 aliphatic carbocycles. The third-order valence-electron chi connectivity index (χ3n) is 10.6. The first-order valence-corrected chi connectivity index (χ1v) is 10.8. The molecular formula is C22H29NO5. The molecule has 3 heterocycles. The molecule has 6 nitrogen and oxygen atoms in total. The number of nitrogens with zero attached hydrogens (tertiary/aromatic N) is 1. The highest BCUT2D eigenvalue weighted by atomic mass is 16.5. The number of aliphatic hydroxyl groups is 3. The van der Waals surface area contributed by atoms with Crippen LogP contribution in [0, 0.1) is 34.0 Å². The summed E-state index contributed by atoms with van der Waals surface area (Å²) >= 11 is 0. The first-order valence-electron chi connectivity index (χ1n) is 10.8. The van der Waals surface area contributed by atoms with Gasteiger partial charge in [0.1, 0.15) is 11.7 Å². The molecule has 9 rings (SSSR count). The monoisotopic (exact) mass is 387 g/mol. The molecular weight excluding hydrogens is 358 g/mol. The number of ether oxygens (including phenoxy) is 1. The van der Waals surface area contributed by atoms with Crippen molar-refractivity contribution in [1.29, 1.82) is 0 Å². The molecule has 13 atom stereocenters. The number of hydrogen-bond donors (Lipinski definition) is 3. The van der Waals surface area contributed by atoms with Crippen molar-refractivity contribution in [2.75, 3.05) is 6.54 Å². The Morgan fingerprint density at radius 2 is 2.00 bits per heavy atom. The second kappa shape index (κ2) is 4.25. The molecule has 0 aromatic heterocycles. The molecule has 0 aromatic rings. The largest absolute Gasteiger partial charge is 0.463 e. The zero-order valence-corrected chi connectivity index (χ0v) is 16.5. The molecule has 28 heavy (non-hydrogen) atoms. The smallest absolute Gasteiger partial charge is 0.302 e. The third-order valence-corrected chi connectivity index (χ3v) is 10.6. The number of aliphatic hydroxyl groups excluding tert-OH is 2. The summed E-state index contributed by atoms with van der Waals surface area (Å²) in [4.78, 5) is 14.3. The van der Waals surface area contributed by atoms with Gasteiger partial charge in [-0.05, 0) is 37.0 Å². The van der Waals surface area contributed by atoms with Crippen molar-refractivity contribution < 1.29 is 24.9 Å². The Kier molecular flexibility index (Phi) is 2.55. The molecule has 9 aliphatic rings. The fourth-order valence-corrected chi connectivity index (χ4v) is 11.0. The molecule has 9 fully saturated rings. The third kappa shape index (κ3) is 1.26. The van der Waals surface area contributed by atoms with E-state index in [2.05, 4.69) is 18.4 Å². The van der Waals surface area contributed by atoms with Gasteiger partial charge in [-0.1, -0.05) is 19.1 Å². The minimum absolute atomic E-state index is 0.0237. The Balaban J connectivity index is 1.49. The van der Waals surface area contributed by atoms with Gasteiger partial charge >= 0.3 is 5.97 Å². The van der Waals surface area contributed by atoms with E-state index < -0.39 is 29.1 Å². The number of fused-ring (bicyclic) bond motifs is 1. The Hall–Kier alpha value is -0.950. The molecule has 0 radical (unpaired) electrons. The Morgan fingerprint density at radius 3 is 2.71 bits per heavy atom. The van der Waals surface area contributed by atoms with Crippen molar-refractivity contribution in [3.8, 4) is 0 Å². The molecule has 3 saturated heterocycles. The number of rotatable bonds is 1. The fraction of sp³-hybridized carbons (Fsp3) is 0.864. The summed E-state index contributed by atoms with van der Waals surface area (Å²) in [5.41, 5.74) is -1.07. The SMILES string of the molecule is C=C1C[C@@]23C[C@H]4[C@@H]5C6(C)C[C@H](OC(C)=O)CC57[C@H]2[C@@H](O)[C@H]1[C@@H](O)[C@]3(O)[C@H]7N4C6. The molecule has 2 spiro atoms. The summed E-state index contributed by atoms with van der Waals surface area (Å²) in [5.74, 6) is -0.379. The van der Waals surface area contributed by atoms with E-state index in [4.69, 9.17) is 4.74 Å². The van der Waals surface area contributed by atoms with Crippen LogP contribution in [0.1, 0.15) is 39.5 Å². The van der Waals surface area contributed by atoms with Gasteiger partial charge in [0, 0.05) is 48.2 Å². The molecule has 3 aliphatic heterocycles. The lowest BCUT2D eigenvalue weighted by Gasteiger charge is -2.67. The van der Waals surface area contributed by atoms with Gasteiger partial charge in [-0.25, -0.2) is 0 Å². The van der Waals surface area contributed by atoms with Gasteiger partial charge in [-0.2, -0.15) is 0 Å². The normalized spacial score (nSPS) is 69.3. The van der Waals surface area contributed by atoms with E-state index in [1.54, 1.807) is 0 Å². The highest BCUT2D eigenvalue weighted by Gasteiger charge is 2.94. The number of carbonyl (C=O) groups excluding carboxylic acids is 1. The predicted molar refractivity (Wildman–Crippen MR) is 97.9 cm³/mol. The maximum Gasteiger partial charge on any atom is 0.302 e. The number of esters is 1. The molecule has 0 amide bonds. The highest BCUT2D eigenvalue weighted by Crippen LogP contribution is 2.88. The van der Waals surface area contributed by atoms with Gasteiger partial charge in [-0.3, -0.25) is 9.69 Å². The maximum atomic E-state index is 12.2. The first kappa shape index (κ1) is 16.8. The topological polar surface area (TPSA) is 90.2 Å². The van der Waals surface area contributed by atoms with Crippen LogP contribution in [-0.4, -0.2) is 68.7 Å². The van der Waals surface area contributed by atoms with Crippen LogP contribution in [0.2, 0.25) is 0 Å². The average molecular weight is 387 g/mol. The summed E-state index contributed by atoms with van der Waals surface area (Å²) in [6.07, 6.45) is 1.27. The summed E-state index contributed by atoms with van der Waals surface area (Å²) in [5, 5.41) is 35.1. The lowest BCUT2D eigenvalue weighted by Crippen LogP contribution is -2.76. The lowest BCUT2D eigenvalue weighted by molar-refractivity contribution is -0.280. The average Bonchev–Trinajstić information content (AvgIpc) is 2.97. The summed E-state index contributed by atoms with van der Waals surface area (Å²) in [7, 11) is 0. The van der Waals surface area contributed by atoms with Gasteiger partial charge in [-0.15, -0.1) is 0 Å². The molecule has 3 N–H and O–H groups in total. The van der Waals surface area contributed by atoms with Crippen molar-refractivity contribution in [2.45, 2.75) is 75.5 Å². The number of piperidine rings is 2. The Morgan fingerprint density at radius 1 is 1.25 bits per heavy atom. The standard InChI is InChI=1S/C22H29NO5/c1-9-4-20-7-12-15-19(3)5-11(28-10(2)24)6-21(15)16(20)14(25)13(9)17(26)22(20,27)18(21)23(12)8-19/h11-18,25-27H,1,4-8H2,2-3H3/t11-,12-,13-,14-,15+,16-,17+,18-,19?,20+,21?,22-/m0/s1. The van der Waals surface area contributed by atoms with Crippen LogP contribution in [-0.2, 0) is 9.53 Å². The maximum absolute atomic E-state index is 12.2. The zero-order valence-electron chi connectivity index (χ0n) is 16.5. The van der Waals surface area contributed by atoms with E-state index in [9.17, 15) is 20.1 Å². The molecule has 152 valence electrons. The highest BCUT2D eigenvalue weighted by molar-refractivity contribution is 5.66. The molecule has 3 unspecified atom stereocenters. The van der Waals surface area contributed by atoms with Gasteiger partial charge < -0.3 is 20.1 Å². The van der Waals surface area contributed by atoms with Crippen LogP contribution in [0.3, 0.4) is 0 Å². The van der Waals surface area contributed by atoms with E-state index in [1.165, 1.54) is 6.92 Å². The Bertz CT molecular complexity index is 860. The van der Waals surface area contributed by atoms with Crippen molar-refractivity contribution in [3.63, 3.8) is 0 Å². The zero-order chi connectivity index (χ0) is 19.6. The second-order valence-electron chi connectivity index (χ2n) is 11.5. The second-order valence-corrected chi connectivity index (χ2v) is 11.5. The molecule has 6 saturated carbocycles. The van der Waals surface area contributed by atoms with Crippen LogP contribution in [0.4, 0.5) is 0 Å². The minimum atomic E-state index is -1.20. The summed E-state index contributed by atoms with van der Waals surface area (Å²) < 4.78 is 5.75. The van der Waals surface area contributed by atoms with Crippen LogP contribution >= 0.6 is 0 Å². The molecule has 9 bridgehead atoms. The molecule has 0 aromatic carbocycles. The molecule has 6 heteroatoms. The van der Waals surface area contributed by atoms with Crippen LogP contribution in [0.25, 0.3) is 0 Å². The van der Waals surface area contributed by atoms with E-state index in [-0.39, 0.29) is 34.9 Å². The van der Waals surface area contributed by atoms with E-state index in [0.29, 0.717) is 24.8 Å². The van der Waals surface area contributed by atoms with Crippen LogP contribution in [0.5, 0.6) is 0 Å². The van der Waals surface area contributed by atoms with Crippen molar-refractivity contribution in [2.24, 2.45) is 34.0 Å². The van der Waals surface area contributed by atoms with E-state index >= 15 is 0 Å². The van der Waals surface area contributed by atoms with Gasteiger partial charge in [0.2, 0.25) is 0 Å².